The summed E-state index contributed by atoms with van der Waals surface area (Å²) < 4.78 is 5.44. The molecule has 106 valence electrons. The summed E-state index contributed by atoms with van der Waals surface area (Å²) in [7, 11) is 1.64. The van der Waals surface area contributed by atoms with Gasteiger partial charge in [0.15, 0.2) is 0 Å². The van der Waals surface area contributed by atoms with Crippen molar-refractivity contribution in [1.29, 1.82) is 0 Å². The summed E-state index contributed by atoms with van der Waals surface area (Å²) in [5.74, 6) is 0.704. The Hall–Kier alpha value is -1.46. The molecule has 1 unspecified atom stereocenters. The fraction of sp³-hybridized carbons (Fsp3) is 0.462. The van der Waals surface area contributed by atoms with Crippen LogP contribution in [0.1, 0.15) is 6.92 Å². The lowest BCUT2D eigenvalue weighted by Crippen LogP contribution is -2.44. The van der Waals surface area contributed by atoms with Gasteiger partial charge in [-0.3, -0.25) is 0 Å². The fourth-order valence-corrected chi connectivity index (χ4v) is 1.43. The minimum atomic E-state index is -0.235. The lowest BCUT2D eigenvalue weighted by molar-refractivity contribution is 0.156. The van der Waals surface area contributed by atoms with Gasteiger partial charge in [-0.15, -0.1) is 0 Å². The highest BCUT2D eigenvalue weighted by molar-refractivity contribution is 6.30. The molecule has 2 amide bonds. The van der Waals surface area contributed by atoms with E-state index in [-0.39, 0.29) is 18.7 Å². The summed E-state index contributed by atoms with van der Waals surface area (Å²) in [6.45, 7) is 2.47. The molecule has 1 rings (SSSR count). The quantitative estimate of drug-likeness (QED) is 0.783. The monoisotopic (exact) mass is 286 g/mol. The number of ether oxygens (including phenoxy) is 1. The molecule has 0 aliphatic heterocycles. The molecule has 1 aromatic carbocycles. The maximum atomic E-state index is 11.6. The van der Waals surface area contributed by atoms with Gasteiger partial charge in [0.1, 0.15) is 12.4 Å². The summed E-state index contributed by atoms with van der Waals surface area (Å²) in [6, 6.07) is 6.57. The van der Waals surface area contributed by atoms with E-state index in [9.17, 15) is 4.79 Å². The van der Waals surface area contributed by atoms with Gasteiger partial charge in [0.25, 0.3) is 0 Å². The van der Waals surface area contributed by atoms with Gasteiger partial charge in [-0.05, 0) is 31.2 Å². The number of amides is 2. The van der Waals surface area contributed by atoms with E-state index in [1.54, 1.807) is 38.2 Å². The van der Waals surface area contributed by atoms with Gasteiger partial charge in [0, 0.05) is 12.1 Å². The summed E-state index contributed by atoms with van der Waals surface area (Å²) >= 11 is 5.75. The molecule has 0 aliphatic rings. The third-order valence-electron chi connectivity index (χ3n) is 2.71. The number of nitrogens with one attached hydrogen (secondary N) is 1. The molecule has 1 atom stereocenters. The Morgan fingerprint density at radius 1 is 1.47 bits per heavy atom. The highest BCUT2D eigenvalue weighted by atomic mass is 35.5. The summed E-state index contributed by atoms with van der Waals surface area (Å²) in [5, 5.41) is 12.3. The summed E-state index contributed by atoms with van der Waals surface area (Å²) in [5.41, 5.74) is 0. The SMILES string of the molecule is CC(CO)N(C)C(=O)NCCOc1ccc(Cl)cc1. The van der Waals surface area contributed by atoms with E-state index in [4.69, 9.17) is 21.4 Å². The van der Waals surface area contributed by atoms with Gasteiger partial charge in [0.05, 0.1) is 19.2 Å². The Bertz CT molecular complexity index is 397. The Labute approximate surface area is 118 Å². The van der Waals surface area contributed by atoms with Crippen molar-refractivity contribution in [3.8, 4) is 5.75 Å². The summed E-state index contributed by atoms with van der Waals surface area (Å²) in [4.78, 5) is 13.1. The van der Waals surface area contributed by atoms with Gasteiger partial charge in [0.2, 0.25) is 0 Å². The molecule has 0 fully saturated rings. The average Bonchev–Trinajstić information content (AvgIpc) is 2.43. The second-order valence-corrected chi connectivity index (χ2v) is 4.61. The van der Waals surface area contributed by atoms with Crippen molar-refractivity contribution >= 4 is 17.6 Å². The normalized spacial score (nSPS) is 11.8. The zero-order chi connectivity index (χ0) is 14.3. The van der Waals surface area contributed by atoms with Crippen molar-refractivity contribution in [3.63, 3.8) is 0 Å². The van der Waals surface area contributed by atoms with Crippen LogP contribution in [0.4, 0.5) is 4.79 Å². The average molecular weight is 287 g/mol. The van der Waals surface area contributed by atoms with Gasteiger partial charge in [-0.2, -0.15) is 0 Å². The van der Waals surface area contributed by atoms with E-state index in [0.29, 0.717) is 23.9 Å². The number of aliphatic hydroxyl groups excluding tert-OH is 1. The first kappa shape index (κ1) is 15.6. The molecule has 0 aliphatic carbocycles. The van der Waals surface area contributed by atoms with Crippen molar-refractivity contribution in [1.82, 2.24) is 10.2 Å². The van der Waals surface area contributed by atoms with Crippen LogP contribution < -0.4 is 10.1 Å². The lowest BCUT2D eigenvalue weighted by Gasteiger charge is -2.23. The first-order chi connectivity index (χ1) is 9.04. The second kappa shape index (κ2) is 7.86. The number of urea groups is 1. The standard InChI is InChI=1S/C13H19ClN2O3/c1-10(9-17)16(2)13(18)15-7-8-19-12-5-3-11(14)4-6-12/h3-6,10,17H,7-9H2,1-2H3,(H,15,18). The summed E-state index contributed by atoms with van der Waals surface area (Å²) in [6.07, 6.45) is 0. The van der Waals surface area contributed by atoms with E-state index in [1.807, 2.05) is 0 Å². The largest absolute Gasteiger partial charge is 0.492 e. The van der Waals surface area contributed by atoms with Crippen LogP contribution in [0.2, 0.25) is 5.02 Å². The number of rotatable bonds is 6. The number of halogens is 1. The molecule has 0 bridgehead atoms. The molecule has 0 saturated carbocycles. The zero-order valence-electron chi connectivity index (χ0n) is 11.1. The van der Waals surface area contributed by atoms with Crippen molar-refractivity contribution in [2.45, 2.75) is 13.0 Å². The predicted octanol–water partition coefficient (Wildman–Crippen LogP) is 1.74. The number of hydrogen-bond acceptors (Lipinski definition) is 3. The smallest absolute Gasteiger partial charge is 0.317 e. The van der Waals surface area contributed by atoms with E-state index in [2.05, 4.69) is 5.32 Å². The highest BCUT2D eigenvalue weighted by Gasteiger charge is 2.13. The predicted molar refractivity (Wildman–Crippen MR) is 74.7 cm³/mol. The van der Waals surface area contributed by atoms with E-state index in [0.717, 1.165) is 0 Å². The maximum absolute atomic E-state index is 11.6. The van der Waals surface area contributed by atoms with Gasteiger partial charge in [-0.1, -0.05) is 11.6 Å². The molecule has 1 aromatic rings. The zero-order valence-corrected chi connectivity index (χ0v) is 11.9. The maximum Gasteiger partial charge on any atom is 0.317 e. The molecule has 0 aromatic heterocycles. The van der Waals surface area contributed by atoms with Crippen LogP contribution in [-0.4, -0.2) is 48.9 Å². The minimum absolute atomic E-state index is 0.0643. The second-order valence-electron chi connectivity index (χ2n) is 4.18. The van der Waals surface area contributed by atoms with Crippen LogP contribution in [0.25, 0.3) is 0 Å². The number of benzene rings is 1. The number of aliphatic hydroxyl groups is 1. The number of likely N-dealkylation sites (N-methyl/N-ethyl adjacent to an activating group) is 1. The van der Waals surface area contributed by atoms with Gasteiger partial charge >= 0.3 is 6.03 Å². The minimum Gasteiger partial charge on any atom is -0.492 e. The molecule has 2 N–H and O–H groups in total. The first-order valence-corrected chi connectivity index (χ1v) is 6.42. The number of hydrogen-bond donors (Lipinski definition) is 2. The van der Waals surface area contributed by atoms with Crippen LogP contribution >= 0.6 is 11.6 Å². The number of carbonyl (C=O) groups excluding carboxylic acids is 1. The van der Waals surface area contributed by atoms with E-state index >= 15 is 0 Å². The number of nitrogens with zero attached hydrogens (tertiary/aromatic N) is 1. The molecule has 0 radical (unpaired) electrons. The molecule has 6 heteroatoms. The number of carbonyl (C=O) groups is 1. The van der Waals surface area contributed by atoms with E-state index < -0.39 is 0 Å². The van der Waals surface area contributed by atoms with Crippen LogP contribution in [-0.2, 0) is 0 Å². The van der Waals surface area contributed by atoms with Gasteiger partial charge < -0.3 is 20.1 Å². The van der Waals surface area contributed by atoms with Crippen LogP contribution in [0.15, 0.2) is 24.3 Å². The first-order valence-electron chi connectivity index (χ1n) is 6.04. The van der Waals surface area contributed by atoms with Crippen LogP contribution in [0, 0.1) is 0 Å². The highest BCUT2D eigenvalue weighted by Crippen LogP contribution is 2.15. The van der Waals surface area contributed by atoms with E-state index in [1.165, 1.54) is 4.90 Å². The third-order valence-corrected chi connectivity index (χ3v) is 2.96. The Morgan fingerprint density at radius 3 is 2.68 bits per heavy atom. The van der Waals surface area contributed by atoms with Crippen molar-refractivity contribution in [2.24, 2.45) is 0 Å². The molecule has 0 heterocycles. The topological polar surface area (TPSA) is 61.8 Å². The Morgan fingerprint density at radius 2 is 2.11 bits per heavy atom. The van der Waals surface area contributed by atoms with Crippen LogP contribution in [0.3, 0.4) is 0 Å². The Balaban J connectivity index is 2.23. The van der Waals surface area contributed by atoms with Crippen molar-refractivity contribution < 1.29 is 14.6 Å². The van der Waals surface area contributed by atoms with Crippen LogP contribution in [0.5, 0.6) is 5.75 Å². The molecular formula is C13H19ClN2O3. The van der Waals surface area contributed by atoms with Crippen molar-refractivity contribution in [2.75, 3.05) is 26.8 Å². The fourth-order valence-electron chi connectivity index (χ4n) is 1.31. The molecule has 19 heavy (non-hydrogen) atoms. The molecule has 0 saturated heterocycles. The lowest BCUT2D eigenvalue weighted by atomic mass is 10.3. The van der Waals surface area contributed by atoms with Gasteiger partial charge in [-0.25, -0.2) is 4.79 Å². The molecular weight excluding hydrogens is 268 g/mol. The molecule has 5 nitrogen and oxygen atoms in total. The third kappa shape index (κ3) is 5.36. The van der Waals surface area contributed by atoms with Crippen molar-refractivity contribution in [3.05, 3.63) is 29.3 Å². The molecule has 0 spiro atoms. The Kier molecular flexibility index (Phi) is 6.45.